The number of imidazole rings is 1. The Morgan fingerprint density at radius 3 is 1.73 bits per heavy atom. The van der Waals surface area contributed by atoms with Gasteiger partial charge in [0, 0.05) is 38.3 Å². The molecule has 1 amide bonds. The SMILES string of the molecule is O=C(O)CCCCCCN(CCCCCCC(=O)O)C(=O)n1ccnc1. The third-order valence-electron chi connectivity index (χ3n) is 4.13. The van der Waals surface area contributed by atoms with Gasteiger partial charge in [0.1, 0.15) is 6.33 Å². The molecular weight excluding hydrogens is 338 g/mol. The molecule has 0 atom stereocenters. The van der Waals surface area contributed by atoms with Crippen molar-refractivity contribution < 1.29 is 24.6 Å². The number of carbonyl (C=O) groups excluding carboxylic acids is 1. The van der Waals surface area contributed by atoms with Crippen LogP contribution in [-0.4, -0.2) is 55.7 Å². The maximum absolute atomic E-state index is 12.5. The number of carboxylic acids is 2. The highest BCUT2D eigenvalue weighted by Crippen LogP contribution is 2.09. The molecule has 0 radical (unpaired) electrons. The maximum Gasteiger partial charge on any atom is 0.329 e. The number of unbranched alkanes of at least 4 members (excludes halogenated alkanes) is 6. The molecule has 0 unspecified atom stereocenters. The average molecular weight is 367 g/mol. The van der Waals surface area contributed by atoms with E-state index in [1.165, 1.54) is 10.9 Å². The quantitative estimate of drug-likeness (QED) is 0.488. The van der Waals surface area contributed by atoms with Crippen LogP contribution < -0.4 is 0 Å². The van der Waals surface area contributed by atoms with Crippen LogP contribution in [0.2, 0.25) is 0 Å². The van der Waals surface area contributed by atoms with Crippen molar-refractivity contribution in [3.63, 3.8) is 0 Å². The molecule has 0 bridgehead atoms. The highest BCUT2D eigenvalue weighted by Gasteiger charge is 2.14. The van der Waals surface area contributed by atoms with Gasteiger partial charge in [0.25, 0.3) is 0 Å². The Labute approximate surface area is 153 Å². The zero-order valence-electron chi connectivity index (χ0n) is 15.2. The van der Waals surface area contributed by atoms with E-state index in [-0.39, 0.29) is 18.9 Å². The fraction of sp³-hybridized carbons (Fsp3) is 0.667. The highest BCUT2D eigenvalue weighted by atomic mass is 16.4. The molecule has 0 aromatic carbocycles. The first kappa shape index (κ1) is 21.7. The van der Waals surface area contributed by atoms with E-state index in [1.54, 1.807) is 17.3 Å². The van der Waals surface area contributed by atoms with Crippen LogP contribution in [-0.2, 0) is 9.59 Å². The molecule has 0 aliphatic heterocycles. The molecule has 1 aromatic heterocycles. The van der Waals surface area contributed by atoms with Crippen molar-refractivity contribution in [2.45, 2.75) is 64.2 Å². The Bertz CT molecular complexity index is 519. The van der Waals surface area contributed by atoms with E-state index in [1.807, 2.05) is 0 Å². The van der Waals surface area contributed by atoms with Crippen molar-refractivity contribution in [3.8, 4) is 0 Å². The lowest BCUT2D eigenvalue weighted by Crippen LogP contribution is -2.35. The van der Waals surface area contributed by atoms with Gasteiger partial charge in [-0.25, -0.2) is 9.78 Å². The molecule has 0 aliphatic rings. The van der Waals surface area contributed by atoms with Gasteiger partial charge in [-0.05, 0) is 25.7 Å². The molecule has 1 heterocycles. The summed E-state index contributed by atoms with van der Waals surface area (Å²) in [7, 11) is 0. The smallest absolute Gasteiger partial charge is 0.329 e. The summed E-state index contributed by atoms with van der Waals surface area (Å²) in [6, 6.07) is -0.112. The van der Waals surface area contributed by atoms with Crippen LogP contribution in [0.1, 0.15) is 64.2 Å². The van der Waals surface area contributed by atoms with Crippen LogP contribution >= 0.6 is 0 Å². The maximum atomic E-state index is 12.5. The molecular formula is C18H29N3O5. The molecule has 8 heteroatoms. The Morgan fingerprint density at radius 2 is 1.31 bits per heavy atom. The standard InChI is InChI=1S/C18H29N3O5/c22-16(23)9-5-1-3-7-12-20(18(26)21-14-11-19-15-21)13-8-4-2-6-10-17(24)25/h11,14-15H,1-10,12-13H2,(H,22,23)(H,24,25). The van der Waals surface area contributed by atoms with E-state index < -0.39 is 11.9 Å². The predicted octanol–water partition coefficient (Wildman–Crippen LogP) is 3.22. The van der Waals surface area contributed by atoms with E-state index in [0.29, 0.717) is 25.9 Å². The van der Waals surface area contributed by atoms with Crippen molar-refractivity contribution in [1.29, 1.82) is 0 Å². The van der Waals surface area contributed by atoms with Gasteiger partial charge in [-0.15, -0.1) is 0 Å². The molecule has 26 heavy (non-hydrogen) atoms. The zero-order chi connectivity index (χ0) is 19.2. The van der Waals surface area contributed by atoms with Crippen molar-refractivity contribution >= 4 is 18.0 Å². The van der Waals surface area contributed by atoms with Crippen molar-refractivity contribution in [2.24, 2.45) is 0 Å². The minimum Gasteiger partial charge on any atom is -0.481 e. The second-order valence-electron chi connectivity index (χ2n) is 6.36. The molecule has 0 aliphatic carbocycles. The van der Waals surface area contributed by atoms with Crippen LogP contribution in [0, 0.1) is 0 Å². The first-order chi connectivity index (χ1) is 12.5. The molecule has 146 valence electrons. The van der Waals surface area contributed by atoms with Gasteiger partial charge in [-0.3, -0.25) is 14.2 Å². The lowest BCUT2D eigenvalue weighted by atomic mass is 10.1. The van der Waals surface area contributed by atoms with Gasteiger partial charge < -0.3 is 15.1 Å². The minimum absolute atomic E-state index is 0.112. The van der Waals surface area contributed by atoms with Crippen LogP contribution in [0.4, 0.5) is 4.79 Å². The van der Waals surface area contributed by atoms with Gasteiger partial charge in [0.2, 0.25) is 0 Å². The third-order valence-corrected chi connectivity index (χ3v) is 4.13. The summed E-state index contributed by atoms with van der Waals surface area (Å²) in [5.41, 5.74) is 0. The number of aromatic nitrogens is 2. The lowest BCUT2D eigenvalue weighted by molar-refractivity contribution is -0.138. The van der Waals surface area contributed by atoms with Crippen LogP contribution in [0.5, 0.6) is 0 Å². The molecule has 0 spiro atoms. The monoisotopic (exact) mass is 367 g/mol. The summed E-state index contributed by atoms with van der Waals surface area (Å²) in [6.07, 6.45) is 11.5. The van der Waals surface area contributed by atoms with Gasteiger partial charge in [0.05, 0.1) is 0 Å². The van der Waals surface area contributed by atoms with E-state index in [9.17, 15) is 14.4 Å². The van der Waals surface area contributed by atoms with Crippen molar-refractivity contribution in [3.05, 3.63) is 18.7 Å². The van der Waals surface area contributed by atoms with Crippen LogP contribution in [0.25, 0.3) is 0 Å². The number of hydrogen-bond donors (Lipinski definition) is 2. The van der Waals surface area contributed by atoms with Gasteiger partial charge >= 0.3 is 18.0 Å². The molecule has 0 fully saturated rings. The number of nitrogens with zero attached hydrogens (tertiary/aromatic N) is 3. The van der Waals surface area contributed by atoms with Crippen LogP contribution in [0.15, 0.2) is 18.7 Å². The van der Waals surface area contributed by atoms with Gasteiger partial charge in [-0.1, -0.05) is 25.7 Å². The highest BCUT2D eigenvalue weighted by molar-refractivity contribution is 5.76. The minimum atomic E-state index is -0.773. The van der Waals surface area contributed by atoms with Crippen LogP contribution in [0.3, 0.4) is 0 Å². The fourth-order valence-corrected chi connectivity index (χ4v) is 2.70. The predicted molar refractivity (Wildman–Crippen MR) is 96.0 cm³/mol. The van der Waals surface area contributed by atoms with Gasteiger partial charge in [0.15, 0.2) is 0 Å². The summed E-state index contributed by atoms with van der Waals surface area (Å²) in [5.74, 6) is -1.55. The van der Waals surface area contributed by atoms with E-state index in [2.05, 4.69) is 4.98 Å². The number of hydrogen-bond acceptors (Lipinski definition) is 4. The van der Waals surface area contributed by atoms with E-state index >= 15 is 0 Å². The summed E-state index contributed by atoms with van der Waals surface area (Å²) in [5, 5.41) is 17.3. The van der Waals surface area contributed by atoms with E-state index in [0.717, 1.165) is 38.5 Å². The molecule has 1 aromatic rings. The Morgan fingerprint density at radius 1 is 0.808 bits per heavy atom. The number of carboxylic acid groups (broad SMARTS) is 2. The second kappa shape index (κ2) is 12.9. The summed E-state index contributed by atoms with van der Waals surface area (Å²) in [4.78, 5) is 39.2. The molecule has 0 saturated carbocycles. The molecule has 8 nitrogen and oxygen atoms in total. The van der Waals surface area contributed by atoms with Crippen molar-refractivity contribution in [2.75, 3.05) is 13.1 Å². The normalized spacial score (nSPS) is 10.6. The largest absolute Gasteiger partial charge is 0.481 e. The topological polar surface area (TPSA) is 113 Å². The average Bonchev–Trinajstić information content (AvgIpc) is 3.12. The Kier molecular flexibility index (Phi) is 10.8. The lowest BCUT2D eigenvalue weighted by Gasteiger charge is -2.22. The number of amides is 1. The molecule has 0 saturated heterocycles. The summed E-state index contributed by atoms with van der Waals surface area (Å²) in [6.45, 7) is 1.25. The first-order valence-electron chi connectivity index (χ1n) is 9.21. The molecule has 1 rings (SSSR count). The fourth-order valence-electron chi connectivity index (χ4n) is 2.70. The number of aliphatic carboxylic acids is 2. The van der Waals surface area contributed by atoms with Crippen molar-refractivity contribution in [1.82, 2.24) is 14.5 Å². The van der Waals surface area contributed by atoms with E-state index in [4.69, 9.17) is 10.2 Å². The molecule has 2 N–H and O–H groups in total. The Hall–Kier alpha value is -2.38. The number of carbonyl (C=O) groups is 3. The zero-order valence-corrected chi connectivity index (χ0v) is 15.2. The second-order valence-corrected chi connectivity index (χ2v) is 6.36. The third kappa shape index (κ3) is 9.80. The Balaban J connectivity index is 2.33. The first-order valence-corrected chi connectivity index (χ1v) is 9.21. The summed E-state index contributed by atoms with van der Waals surface area (Å²) >= 11 is 0. The summed E-state index contributed by atoms with van der Waals surface area (Å²) < 4.78 is 1.45. The number of rotatable bonds is 14. The van der Waals surface area contributed by atoms with Gasteiger partial charge in [-0.2, -0.15) is 0 Å².